The summed E-state index contributed by atoms with van der Waals surface area (Å²) in [4.78, 5) is 4.50. The Balaban J connectivity index is 2.05. The van der Waals surface area contributed by atoms with E-state index in [9.17, 15) is 0 Å². The number of aryl methyl sites for hydroxylation is 1. The van der Waals surface area contributed by atoms with Crippen LogP contribution in [0.3, 0.4) is 0 Å². The molecule has 1 aromatic rings. The fourth-order valence-electron chi connectivity index (χ4n) is 3.23. The van der Waals surface area contributed by atoms with Crippen LogP contribution in [0.2, 0.25) is 0 Å². The van der Waals surface area contributed by atoms with E-state index in [1.807, 2.05) is 0 Å². The number of hydrogen-bond donors (Lipinski definition) is 1. The summed E-state index contributed by atoms with van der Waals surface area (Å²) in [5.41, 5.74) is 2.58. The molecule has 1 fully saturated rings. The summed E-state index contributed by atoms with van der Waals surface area (Å²) >= 11 is 0. The molecule has 0 aliphatic heterocycles. The predicted octanol–water partition coefficient (Wildman–Crippen LogP) is 4.05. The lowest BCUT2D eigenvalue weighted by atomic mass is 9.83. The van der Waals surface area contributed by atoms with Gasteiger partial charge in [0, 0.05) is 11.9 Å². The molecule has 1 aromatic heterocycles. The van der Waals surface area contributed by atoms with Gasteiger partial charge in [-0.05, 0) is 62.7 Å². The number of hydrogen-bond acceptors (Lipinski definition) is 2. The lowest BCUT2D eigenvalue weighted by Crippen LogP contribution is -2.27. The molecule has 2 unspecified atom stereocenters. The van der Waals surface area contributed by atoms with Crippen LogP contribution in [0, 0.1) is 12.8 Å². The monoisotopic (exact) mass is 260 g/mol. The number of nitrogens with zero attached hydrogens (tertiary/aromatic N) is 1. The van der Waals surface area contributed by atoms with Crippen molar-refractivity contribution in [1.29, 1.82) is 0 Å². The van der Waals surface area contributed by atoms with Crippen molar-refractivity contribution in [2.75, 3.05) is 13.1 Å². The molecule has 2 atom stereocenters. The van der Waals surface area contributed by atoms with Gasteiger partial charge in [0.15, 0.2) is 0 Å². The molecule has 0 spiro atoms. The highest BCUT2D eigenvalue weighted by Gasteiger charge is 2.24. The summed E-state index contributed by atoms with van der Waals surface area (Å²) in [7, 11) is 0. The van der Waals surface area contributed by atoms with Crippen LogP contribution < -0.4 is 5.32 Å². The highest BCUT2D eigenvalue weighted by molar-refractivity contribution is 5.19. The molecule has 1 saturated carbocycles. The Bertz CT molecular complexity index is 358. The minimum absolute atomic E-state index is 0.708. The Morgan fingerprint density at radius 3 is 2.79 bits per heavy atom. The Labute approximate surface area is 118 Å². The van der Waals surface area contributed by atoms with Crippen LogP contribution in [0.25, 0.3) is 0 Å². The summed E-state index contributed by atoms with van der Waals surface area (Å²) in [5, 5.41) is 3.62. The lowest BCUT2D eigenvalue weighted by Gasteiger charge is -2.26. The van der Waals surface area contributed by atoms with Gasteiger partial charge in [0.1, 0.15) is 0 Å². The van der Waals surface area contributed by atoms with Crippen molar-refractivity contribution in [3.8, 4) is 0 Å². The topological polar surface area (TPSA) is 24.9 Å². The van der Waals surface area contributed by atoms with Crippen LogP contribution in [-0.4, -0.2) is 18.1 Å². The maximum Gasteiger partial charge on any atom is 0.0372 e. The molecule has 0 saturated heterocycles. The average molecular weight is 260 g/mol. The van der Waals surface area contributed by atoms with Gasteiger partial charge in [-0.25, -0.2) is 0 Å². The third-order valence-electron chi connectivity index (χ3n) is 4.35. The van der Waals surface area contributed by atoms with Crippen LogP contribution in [0.15, 0.2) is 18.3 Å². The molecule has 1 N–H and O–H groups in total. The zero-order valence-electron chi connectivity index (χ0n) is 12.5. The van der Waals surface area contributed by atoms with Crippen LogP contribution in [0.4, 0.5) is 0 Å². The summed E-state index contributed by atoms with van der Waals surface area (Å²) < 4.78 is 0. The van der Waals surface area contributed by atoms with Crippen LogP contribution in [0.1, 0.15) is 62.6 Å². The summed E-state index contributed by atoms with van der Waals surface area (Å²) in [5.74, 6) is 1.50. The zero-order chi connectivity index (χ0) is 13.5. The smallest absolute Gasteiger partial charge is 0.0372 e. The first-order valence-corrected chi connectivity index (χ1v) is 7.94. The second kappa shape index (κ2) is 7.64. The normalized spacial score (nSPS) is 24.1. The van der Waals surface area contributed by atoms with E-state index in [0.29, 0.717) is 5.92 Å². The van der Waals surface area contributed by atoms with Gasteiger partial charge in [0.05, 0.1) is 0 Å². The van der Waals surface area contributed by atoms with Crippen molar-refractivity contribution < 1.29 is 0 Å². The van der Waals surface area contributed by atoms with E-state index >= 15 is 0 Å². The SMILES string of the molecule is CCCNCC1CCCCCC1c1ccc(C)nc1. The first-order chi connectivity index (χ1) is 9.31. The Kier molecular flexibility index (Phi) is 5.84. The zero-order valence-corrected chi connectivity index (χ0v) is 12.5. The molecular formula is C17H28N2. The van der Waals surface area contributed by atoms with Gasteiger partial charge in [-0.3, -0.25) is 4.98 Å². The standard InChI is InChI=1S/C17H28N2/c1-3-11-18-12-15-7-5-4-6-8-17(15)16-10-9-14(2)19-13-16/h9-10,13,15,17-18H,3-8,11-12H2,1-2H3. The van der Waals surface area contributed by atoms with E-state index in [2.05, 4.69) is 42.5 Å². The highest BCUT2D eigenvalue weighted by atomic mass is 14.9. The van der Waals surface area contributed by atoms with Crippen molar-refractivity contribution in [2.45, 2.75) is 58.3 Å². The van der Waals surface area contributed by atoms with Gasteiger partial charge in [-0.2, -0.15) is 0 Å². The Hall–Kier alpha value is -0.890. The van der Waals surface area contributed by atoms with Crippen LogP contribution >= 0.6 is 0 Å². The maximum absolute atomic E-state index is 4.50. The van der Waals surface area contributed by atoms with Gasteiger partial charge in [0.25, 0.3) is 0 Å². The molecule has 1 aliphatic carbocycles. The molecular weight excluding hydrogens is 232 g/mol. The van der Waals surface area contributed by atoms with E-state index in [1.165, 1.54) is 50.6 Å². The lowest BCUT2D eigenvalue weighted by molar-refractivity contribution is 0.375. The van der Waals surface area contributed by atoms with Crippen molar-refractivity contribution in [2.24, 2.45) is 5.92 Å². The first-order valence-electron chi connectivity index (χ1n) is 7.94. The maximum atomic E-state index is 4.50. The predicted molar refractivity (Wildman–Crippen MR) is 81.5 cm³/mol. The minimum atomic E-state index is 0.708. The van der Waals surface area contributed by atoms with Gasteiger partial charge >= 0.3 is 0 Å². The van der Waals surface area contributed by atoms with E-state index in [0.717, 1.165) is 18.2 Å². The Morgan fingerprint density at radius 1 is 1.21 bits per heavy atom. The third-order valence-corrected chi connectivity index (χ3v) is 4.35. The molecule has 2 nitrogen and oxygen atoms in total. The second-order valence-corrected chi connectivity index (χ2v) is 5.94. The van der Waals surface area contributed by atoms with Crippen molar-refractivity contribution in [1.82, 2.24) is 10.3 Å². The van der Waals surface area contributed by atoms with Gasteiger partial charge in [0.2, 0.25) is 0 Å². The molecule has 19 heavy (non-hydrogen) atoms. The van der Waals surface area contributed by atoms with Crippen molar-refractivity contribution in [3.63, 3.8) is 0 Å². The molecule has 0 bridgehead atoms. The quantitative estimate of drug-likeness (QED) is 0.638. The molecule has 0 aromatic carbocycles. The Morgan fingerprint density at radius 2 is 2.05 bits per heavy atom. The minimum Gasteiger partial charge on any atom is -0.316 e. The van der Waals surface area contributed by atoms with E-state index in [4.69, 9.17) is 0 Å². The largest absolute Gasteiger partial charge is 0.316 e. The molecule has 0 radical (unpaired) electrons. The molecule has 1 heterocycles. The number of nitrogens with one attached hydrogen (secondary N) is 1. The van der Waals surface area contributed by atoms with E-state index in [1.54, 1.807) is 0 Å². The summed E-state index contributed by atoms with van der Waals surface area (Å²) in [6.07, 6.45) is 10.2. The summed E-state index contributed by atoms with van der Waals surface area (Å²) in [6.45, 7) is 6.63. The van der Waals surface area contributed by atoms with E-state index in [-0.39, 0.29) is 0 Å². The molecule has 1 aliphatic rings. The van der Waals surface area contributed by atoms with Gasteiger partial charge in [-0.15, -0.1) is 0 Å². The van der Waals surface area contributed by atoms with Gasteiger partial charge in [-0.1, -0.05) is 32.3 Å². The number of pyridine rings is 1. The molecule has 106 valence electrons. The van der Waals surface area contributed by atoms with Crippen molar-refractivity contribution in [3.05, 3.63) is 29.6 Å². The first kappa shape index (κ1) is 14.5. The average Bonchev–Trinajstić information content (AvgIpc) is 2.66. The second-order valence-electron chi connectivity index (χ2n) is 5.94. The number of aromatic nitrogens is 1. The van der Waals surface area contributed by atoms with Crippen LogP contribution in [0.5, 0.6) is 0 Å². The fraction of sp³-hybridized carbons (Fsp3) is 0.706. The van der Waals surface area contributed by atoms with Crippen LogP contribution in [-0.2, 0) is 0 Å². The molecule has 2 rings (SSSR count). The molecule has 2 heteroatoms. The van der Waals surface area contributed by atoms with E-state index < -0.39 is 0 Å². The molecule has 0 amide bonds. The summed E-state index contributed by atoms with van der Waals surface area (Å²) in [6, 6.07) is 4.46. The highest BCUT2D eigenvalue weighted by Crippen LogP contribution is 2.36. The fourth-order valence-corrected chi connectivity index (χ4v) is 3.23. The third kappa shape index (κ3) is 4.31. The number of rotatable bonds is 5. The van der Waals surface area contributed by atoms with Gasteiger partial charge < -0.3 is 5.32 Å². The van der Waals surface area contributed by atoms with Crippen molar-refractivity contribution >= 4 is 0 Å².